The van der Waals surface area contributed by atoms with Gasteiger partial charge in [-0.2, -0.15) is 0 Å². The van der Waals surface area contributed by atoms with E-state index in [1.165, 1.54) is 19.1 Å². The molecule has 0 radical (unpaired) electrons. The van der Waals surface area contributed by atoms with E-state index in [2.05, 4.69) is 50.7 Å². The van der Waals surface area contributed by atoms with Crippen molar-refractivity contribution >= 4 is 0 Å². The first-order valence-electron chi connectivity index (χ1n) is 10.3. The summed E-state index contributed by atoms with van der Waals surface area (Å²) >= 11 is 0. The van der Waals surface area contributed by atoms with E-state index in [1.54, 1.807) is 51.1 Å². The lowest BCUT2D eigenvalue weighted by Gasteiger charge is -2.17. The van der Waals surface area contributed by atoms with Crippen molar-refractivity contribution in [2.75, 3.05) is 56.4 Å². The number of rotatable bonds is 2. The molecule has 0 aliphatic carbocycles. The predicted octanol–water partition coefficient (Wildman–Crippen LogP) is 2.14. The van der Waals surface area contributed by atoms with Crippen LogP contribution in [-0.4, -0.2) is 86.4 Å². The molecule has 0 fully saturated rings. The van der Waals surface area contributed by atoms with E-state index in [0.29, 0.717) is 0 Å². The molecular weight excluding hydrogens is 406 g/mol. The van der Waals surface area contributed by atoms with E-state index in [1.807, 2.05) is 71.5 Å². The van der Waals surface area contributed by atoms with E-state index in [-0.39, 0.29) is 0 Å². The molecule has 2 rings (SSSR count). The summed E-state index contributed by atoms with van der Waals surface area (Å²) in [5.41, 5.74) is 2.43. The van der Waals surface area contributed by atoms with Gasteiger partial charge < -0.3 is 10.2 Å². The maximum atomic E-state index is 6.50. The van der Waals surface area contributed by atoms with Gasteiger partial charge in [0.2, 0.25) is 0 Å². The van der Waals surface area contributed by atoms with Crippen molar-refractivity contribution in [3.05, 3.63) is 49.6 Å². The molecule has 10 heteroatoms. The van der Waals surface area contributed by atoms with Gasteiger partial charge in [0.15, 0.2) is 0 Å². The molecule has 0 saturated carbocycles. The molecular formula is C22H50N9O+. The van der Waals surface area contributed by atoms with Gasteiger partial charge in [0.05, 0.1) is 21.2 Å². The first-order valence-corrected chi connectivity index (χ1v) is 10.3. The van der Waals surface area contributed by atoms with E-state index >= 15 is 0 Å². The van der Waals surface area contributed by atoms with Gasteiger partial charge in [-0.1, -0.05) is 34.1 Å². The van der Waals surface area contributed by atoms with Crippen LogP contribution < -0.4 is 10.8 Å². The second-order valence-corrected chi connectivity index (χ2v) is 5.20. The van der Waals surface area contributed by atoms with Crippen molar-refractivity contribution in [1.82, 2.24) is 35.4 Å². The number of quaternary nitrogens is 1. The zero-order valence-electron chi connectivity index (χ0n) is 22.5. The van der Waals surface area contributed by atoms with Crippen molar-refractivity contribution in [1.29, 1.82) is 5.26 Å². The highest BCUT2D eigenvalue weighted by molar-refractivity contribution is 4.74. The average molecular weight is 457 g/mol. The number of nitrogens with one attached hydrogen (secondary N) is 1. The van der Waals surface area contributed by atoms with Crippen LogP contribution in [0.25, 0.3) is 0 Å². The summed E-state index contributed by atoms with van der Waals surface area (Å²) in [4.78, 5) is 19.0. The molecule has 188 valence electrons. The van der Waals surface area contributed by atoms with Crippen molar-refractivity contribution in [2.24, 2.45) is 0 Å². The van der Waals surface area contributed by atoms with Gasteiger partial charge in [-0.05, 0) is 12.1 Å². The SMILES string of the molecule is C#N.CC.CCC.CN(C)N(C)C.CNOC.C[NH2+]C.c1cncnc1.c1cncnc1. The lowest BCUT2D eigenvalue weighted by molar-refractivity contribution is -0.597. The quantitative estimate of drug-likeness (QED) is 0.655. The minimum absolute atomic E-state index is 1.25. The van der Waals surface area contributed by atoms with Gasteiger partial charge in [0.25, 0.3) is 0 Å². The summed E-state index contributed by atoms with van der Waals surface area (Å²) in [5, 5.41) is 12.5. The Hall–Kier alpha value is -2.55. The van der Waals surface area contributed by atoms with Gasteiger partial charge in [0.1, 0.15) is 12.7 Å². The second kappa shape index (κ2) is 56.7. The largest absolute Gasteiger partial charge is 0.351 e. The number of nitriles is 1. The van der Waals surface area contributed by atoms with Crippen LogP contribution in [-0.2, 0) is 4.84 Å². The highest BCUT2D eigenvalue weighted by Crippen LogP contribution is 1.72. The summed E-state index contributed by atoms with van der Waals surface area (Å²) in [5.74, 6) is 0. The zero-order valence-corrected chi connectivity index (χ0v) is 22.5. The number of nitrogens with two attached hydrogens (primary N) is 1. The van der Waals surface area contributed by atoms with Gasteiger partial charge in [-0.15, -0.1) is 0 Å². The highest BCUT2D eigenvalue weighted by atomic mass is 16.6. The summed E-state index contributed by atoms with van der Waals surface area (Å²) in [6, 6.07) is 3.56. The highest BCUT2D eigenvalue weighted by Gasteiger charge is 1.84. The normalized spacial score (nSPS) is 7.38. The molecule has 2 aromatic heterocycles. The monoisotopic (exact) mass is 456 g/mol. The minimum atomic E-state index is 1.25. The first kappa shape index (κ1) is 43.3. The van der Waals surface area contributed by atoms with Crippen LogP contribution in [0.1, 0.15) is 34.1 Å². The fourth-order valence-corrected chi connectivity index (χ4v) is 0.507. The molecule has 0 aromatic carbocycles. The Morgan fingerprint density at radius 2 is 1.00 bits per heavy atom. The fourth-order valence-electron chi connectivity index (χ4n) is 0.507. The zero-order chi connectivity index (χ0) is 26.5. The molecule has 10 nitrogen and oxygen atoms in total. The Morgan fingerprint density at radius 1 is 0.812 bits per heavy atom. The molecule has 0 spiro atoms. The molecule has 32 heavy (non-hydrogen) atoms. The number of hydrogen-bond donors (Lipinski definition) is 2. The fraction of sp³-hybridized carbons (Fsp3) is 0.591. The summed E-state index contributed by atoms with van der Waals surface area (Å²) < 4.78 is 0. The molecule has 0 saturated heterocycles. The molecule has 0 amide bonds. The molecule has 0 unspecified atom stereocenters. The first-order chi connectivity index (χ1) is 15.4. The Kier molecular flexibility index (Phi) is 76.8. The second-order valence-electron chi connectivity index (χ2n) is 5.20. The van der Waals surface area contributed by atoms with Crippen LogP contribution in [0.15, 0.2) is 49.6 Å². The van der Waals surface area contributed by atoms with Crippen molar-refractivity contribution in [3.8, 4) is 6.57 Å². The third-order valence-corrected chi connectivity index (χ3v) is 1.96. The third-order valence-electron chi connectivity index (χ3n) is 1.96. The molecule has 2 heterocycles. The molecule has 0 aliphatic heterocycles. The van der Waals surface area contributed by atoms with Crippen LogP contribution in [0.3, 0.4) is 0 Å². The lowest BCUT2D eigenvalue weighted by Crippen LogP contribution is -2.74. The summed E-state index contributed by atoms with van der Waals surface area (Å²) in [7, 11) is 15.3. The number of aromatic nitrogens is 4. The van der Waals surface area contributed by atoms with Crippen molar-refractivity contribution < 1.29 is 10.2 Å². The Morgan fingerprint density at radius 3 is 1.03 bits per heavy atom. The van der Waals surface area contributed by atoms with Crippen LogP contribution >= 0.6 is 0 Å². The molecule has 0 atom stereocenters. The van der Waals surface area contributed by atoms with Gasteiger partial charge in [0, 0.05) is 66.6 Å². The molecule has 3 N–H and O–H groups in total. The predicted molar refractivity (Wildman–Crippen MR) is 135 cm³/mol. The number of nitrogens with zero attached hydrogens (tertiary/aromatic N) is 7. The van der Waals surface area contributed by atoms with Crippen LogP contribution in [0.5, 0.6) is 0 Å². The average Bonchev–Trinajstić information content (AvgIpc) is 2.86. The van der Waals surface area contributed by atoms with Gasteiger partial charge in [-0.25, -0.2) is 40.7 Å². The van der Waals surface area contributed by atoms with E-state index < -0.39 is 0 Å². The Balaban J connectivity index is -0.0000000628. The van der Waals surface area contributed by atoms with E-state index in [0.717, 1.165) is 0 Å². The Labute approximate surface area is 198 Å². The minimum Gasteiger partial charge on any atom is -0.351 e. The topological polar surface area (TPSA) is 120 Å². The van der Waals surface area contributed by atoms with E-state index in [4.69, 9.17) is 5.26 Å². The maximum Gasteiger partial charge on any atom is 0.115 e. The molecule has 0 aliphatic rings. The molecule has 2 aromatic rings. The van der Waals surface area contributed by atoms with Crippen molar-refractivity contribution in [2.45, 2.75) is 34.1 Å². The van der Waals surface area contributed by atoms with E-state index in [9.17, 15) is 0 Å². The Bertz CT molecular complexity index is 364. The summed E-state index contributed by atoms with van der Waals surface area (Å²) in [6.07, 6.45) is 11.0. The van der Waals surface area contributed by atoms with Gasteiger partial charge in [-0.3, -0.25) is 0 Å². The van der Waals surface area contributed by atoms with Crippen LogP contribution in [0.2, 0.25) is 0 Å². The standard InChI is InChI=1S/2C4H4N2.C4H12N2.C3H8.C2H7NO.C2H7N.C2H6.CHN/c2*1-2-5-4-6-3-1;1-5(2)6(3)4;1-3-2;1-3-4-2;1-3-2;2*1-2/h2*1-4H;1-4H3;3H2,1-2H3;3H,1-2H3;3H,1-2H3;1-2H3;1H/p+1. The van der Waals surface area contributed by atoms with Crippen LogP contribution in [0, 0.1) is 11.8 Å². The maximum absolute atomic E-state index is 6.50. The third kappa shape index (κ3) is 92.0. The number of hydroxylamine groups is 1. The number of hydrogen-bond acceptors (Lipinski definition) is 9. The smallest absolute Gasteiger partial charge is 0.115 e. The molecule has 0 bridgehead atoms. The summed E-state index contributed by atoms with van der Waals surface area (Å²) in [6.45, 7) is 11.8. The van der Waals surface area contributed by atoms with Crippen molar-refractivity contribution in [3.63, 3.8) is 0 Å². The number of hydrazine groups is 1. The lowest BCUT2D eigenvalue weighted by atomic mass is 10.6. The van der Waals surface area contributed by atoms with Gasteiger partial charge >= 0.3 is 0 Å². The van der Waals surface area contributed by atoms with Crippen LogP contribution in [0.4, 0.5) is 0 Å².